The molecule has 2 rings (SSSR count). The molecule has 158 valence electrons. The summed E-state index contributed by atoms with van der Waals surface area (Å²) < 4.78 is 15.7. The van der Waals surface area contributed by atoms with E-state index in [1.165, 1.54) is 24.3 Å². The van der Waals surface area contributed by atoms with Crippen molar-refractivity contribution in [2.45, 2.75) is 20.3 Å². The Morgan fingerprint density at radius 2 is 2.20 bits per heavy atom. The van der Waals surface area contributed by atoms with Crippen molar-refractivity contribution in [2.24, 2.45) is 23.7 Å². The lowest BCUT2D eigenvalue weighted by atomic mass is 9.95. The first-order chi connectivity index (χ1) is 14.3. The molecule has 0 saturated heterocycles. The second-order valence-corrected chi connectivity index (χ2v) is 6.79. The number of aromatic nitrogens is 2. The number of aliphatic imine (C=N–C) groups is 1. The van der Waals surface area contributed by atoms with Crippen molar-refractivity contribution >= 4 is 28.6 Å². The smallest absolute Gasteiger partial charge is 0.259 e. The summed E-state index contributed by atoms with van der Waals surface area (Å²) in [7, 11) is 1.84. The van der Waals surface area contributed by atoms with Crippen molar-refractivity contribution in [3.05, 3.63) is 72.6 Å². The van der Waals surface area contributed by atoms with Gasteiger partial charge in [0.05, 0.1) is 23.2 Å². The number of benzene rings is 1. The van der Waals surface area contributed by atoms with Crippen LogP contribution in [0.1, 0.15) is 25.8 Å². The number of nitrogens with two attached hydrogens (primary N) is 2. The van der Waals surface area contributed by atoms with Crippen molar-refractivity contribution in [2.75, 3.05) is 11.1 Å². The minimum Gasteiger partial charge on any atom is -0.404 e. The molecule has 1 unspecified atom stereocenters. The molecule has 0 aliphatic carbocycles. The number of hydrogen-bond acceptors (Lipinski definition) is 5. The molecule has 0 saturated carbocycles. The maximum absolute atomic E-state index is 14.0. The number of carbonyl (C=O) groups is 1. The summed E-state index contributed by atoms with van der Waals surface area (Å²) in [6.45, 7) is 7.88. The van der Waals surface area contributed by atoms with Crippen LogP contribution in [0.4, 0.5) is 15.8 Å². The van der Waals surface area contributed by atoms with Crippen LogP contribution >= 0.6 is 0 Å². The summed E-state index contributed by atoms with van der Waals surface area (Å²) in [6.07, 6.45) is 8.77. The average Bonchev–Trinajstić information content (AvgIpc) is 3.15. The molecule has 1 aromatic heterocycles. The largest absolute Gasteiger partial charge is 0.404 e. The van der Waals surface area contributed by atoms with Gasteiger partial charge in [0.15, 0.2) is 0 Å². The van der Waals surface area contributed by atoms with Crippen LogP contribution in [0.2, 0.25) is 0 Å². The Hall–Kier alpha value is -3.68. The molecule has 8 heteroatoms. The highest BCUT2D eigenvalue weighted by Crippen LogP contribution is 2.26. The molecule has 0 aliphatic rings. The summed E-state index contributed by atoms with van der Waals surface area (Å²) in [4.78, 5) is 17.1. The molecule has 5 N–H and O–H groups in total. The van der Waals surface area contributed by atoms with Crippen molar-refractivity contribution in [1.29, 1.82) is 0 Å². The van der Waals surface area contributed by atoms with Gasteiger partial charge in [-0.2, -0.15) is 5.10 Å². The van der Waals surface area contributed by atoms with Crippen molar-refractivity contribution < 1.29 is 9.18 Å². The fourth-order valence-corrected chi connectivity index (χ4v) is 2.75. The summed E-state index contributed by atoms with van der Waals surface area (Å²) in [5.41, 5.74) is 13.8. The number of rotatable bonds is 8. The van der Waals surface area contributed by atoms with Crippen molar-refractivity contribution in [3.63, 3.8) is 0 Å². The van der Waals surface area contributed by atoms with Crippen molar-refractivity contribution in [1.82, 2.24) is 9.78 Å². The van der Waals surface area contributed by atoms with Crippen LogP contribution in [-0.4, -0.2) is 21.4 Å². The zero-order valence-corrected chi connectivity index (χ0v) is 17.4. The van der Waals surface area contributed by atoms with E-state index in [1.54, 1.807) is 17.1 Å². The lowest BCUT2D eigenvalue weighted by molar-refractivity contribution is -0.112. The third kappa shape index (κ3) is 5.44. The number of allylic oxidation sites excluding steroid dienone is 2. The number of halogens is 1. The van der Waals surface area contributed by atoms with Crippen LogP contribution < -0.4 is 16.8 Å². The van der Waals surface area contributed by atoms with Gasteiger partial charge in [-0.15, -0.1) is 0 Å². The zero-order valence-electron chi connectivity index (χ0n) is 17.4. The highest BCUT2D eigenvalue weighted by molar-refractivity contribution is 6.28. The van der Waals surface area contributed by atoms with E-state index in [2.05, 4.69) is 35.8 Å². The van der Waals surface area contributed by atoms with Gasteiger partial charge in [-0.3, -0.25) is 14.5 Å². The predicted octanol–water partition coefficient (Wildman–Crippen LogP) is 3.64. The fourth-order valence-electron chi connectivity index (χ4n) is 2.75. The highest BCUT2D eigenvalue weighted by Gasteiger charge is 2.17. The lowest BCUT2D eigenvalue weighted by Gasteiger charge is -2.12. The monoisotopic (exact) mass is 410 g/mol. The number of nitrogen functional groups attached to an aromatic ring is 1. The zero-order chi connectivity index (χ0) is 22.3. The van der Waals surface area contributed by atoms with Gasteiger partial charge in [-0.1, -0.05) is 20.4 Å². The van der Waals surface area contributed by atoms with Crippen LogP contribution in [0.3, 0.4) is 0 Å². The standard InChI is InChI=1S/C22H27FN6O/c1-5-14(3)18(15-11-27-29(4)13-15)12-26-20(6-2)17(10-24)22(30)28-21-9-16(25)7-8-19(21)23/h6-14H,2,5,24-25H2,1,3-4H3,(H,28,30)/b17-10+,18-12+,26-20-. The van der Waals surface area contributed by atoms with E-state index < -0.39 is 11.7 Å². The number of nitrogens with zero attached hydrogens (tertiary/aromatic N) is 3. The van der Waals surface area contributed by atoms with Gasteiger partial charge >= 0.3 is 0 Å². The number of anilines is 2. The molecule has 2 aromatic rings. The van der Waals surface area contributed by atoms with Crippen LogP contribution in [0.5, 0.6) is 0 Å². The third-order valence-electron chi connectivity index (χ3n) is 4.64. The number of carbonyl (C=O) groups excluding carboxylic acids is 1. The van der Waals surface area contributed by atoms with E-state index in [4.69, 9.17) is 11.5 Å². The van der Waals surface area contributed by atoms with Gasteiger partial charge < -0.3 is 16.8 Å². The van der Waals surface area contributed by atoms with E-state index in [1.807, 2.05) is 13.2 Å². The summed E-state index contributed by atoms with van der Waals surface area (Å²) in [6, 6.07) is 3.91. The molecule has 1 amide bonds. The van der Waals surface area contributed by atoms with Crippen LogP contribution in [0, 0.1) is 11.7 Å². The number of amides is 1. The Balaban J connectivity index is 2.37. The highest BCUT2D eigenvalue weighted by atomic mass is 19.1. The molecule has 1 heterocycles. The van der Waals surface area contributed by atoms with Crippen LogP contribution in [0.25, 0.3) is 5.57 Å². The molecule has 1 aromatic carbocycles. The Morgan fingerprint density at radius 3 is 2.77 bits per heavy atom. The Morgan fingerprint density at radius 1 is 1.47 bits per heavy atom. The maximum atomic E-state index is 14.0. The normalized spacial score (nSPS) is 13.8. The summed E-state index contributed by atoms with van der Waals surface area (Å²) in [5.74, 6) is -1.02. The Kier molecular flexibility index (Phi) is 7.69. The van der Waals surface area contributed by atoms with Gasteiger partial charge in [0.25, 0.3) is 5.91 Å². The van der Waals surface area contributed by atoms with Gasteiger partial charge in [0.2, 0.25) is 0 Å². The van der Waals surface area contributed by atoms with E-state index >= 15 is 0 Å². The van der Waals surface area contributed by atoms with Gasteiger partial charge in [-0.05, 0) is 42.2 Å². The minimum absolute atomic E-state index is 0.0473. The van der Waals surface area contributed by atoms with Gasteiger partial charge in [0, 0.05) is 36.9 Å². The van der Waals surface area contributed by atoms with E-state index in [0.29, 0.717) is 5.69 Å². The first kappa shape index (κ1) is 22.6. The molecule has 1 atom stereocenters. The molecule has 0 spiro atoms. The Labute approximate surface area is 175 Å². The minimum atomic E-state index is -0.625. The van der Waals surface area contributed by atoms with E-state index in [0.717, 1.165) is 23.8 Å². The molecular weight excluding hydrogens is 383 g/mol. The summed E-state index contributed by atoms with van der Waals surface area (Å²) >= 11 is 0. The quantitative estimate of drug-likeness (QED) is 0.350. The molecule has 0 bridgehead atoms. The van der Waals surface area contributed by atoms with Crippen molar-refractivity contribution in [3.8, 4) is 0 Å². The molecule has 0 aliphatic heterocycles. The van der Waals surface area contributed by atoms with Gasteiger partial charge in [0.1, 0.15) is 5.82 Å². The van der Waals surface area contributed by atoms with E-state index in [9.17, 15) is 9.18 Å². The first-order valence-electron chi connectivity index (χ1n) is 9.48. The summed E-state index contributed by atoms with van der Waals surface area (Å²) in [5, 5.41) is 6.68. The third-order valence-corrected chi connectivity index (χ3v) is 4.64. The van der Waals surface area contributed by atoms with Crippen LogP contribution in [-0.2, 0) is 11.8 Å². The van der Waals surface area contributed by atoms with Gasteiger partial charge in [-0.25, -0.2) is 4.39 Å². The topological polar surface area (TPSA) is 111 Å². The Bertz CT molecular complexity index is 1020. The molecular formula is C22H27FN6O. The second kappa shape index (κ2) is 10.2. The number of hydrogen-bond donors (Lipinski definition) is 3. The number of aryl methyl sites for hydroxylation is 1. The molecule has 0 radical (unpaired) electrons. The fraction of sp³-hybridized carbons (Fsp3) is 0.227. The predicted molar refractivity (Wildman–Crippen MR) is 120 cm³/mol. The van der Waals surface area contributed by atoms with E-state index in [-0.39, 0.29) is 22.9 Å². The maximum Gasteiger partial charge on any atom is 0.259 e. The molecule has 0 fully saturated rings. The number of nitrogens with one attached hydrogen (secondary N) is 1. The lowest BCUT2D eigenvalue weighted by Crippen LogP contribution is -2.21. The molecule has 30 heavy (non-hydrogen) atoms. The average molecular weight is 410 g/mol. The van der Waals surface area contributed by atoms with Crippen LogP contribution in [0.15, 0.2) is 66.2 Å². The molecule has 7 nitrogen and oxygen atoms in total. The first-order valence-corrected chi connectivity index (χ1v) is 9.48. The SMILES string of the molecule is C=CC(=N/C=C(/c1cnn(C)c1)C(C)CC)/C(=C\N)C(=O)Nc1cc(N)ccc1F. The second-order valence-electron chi connectivity index (χ2n) is 6.79.